The lowest BCUT2D eigenvalue weighted by Crippen LogP contribution is -2.12. The molecule has 3 rings (SSSR count). The van der Waals surface area contributed by atoms with Crippen LogP contribution in [0, 0.1) is 0 Å². The van der Waals surface area contributed by atoms with Gasteiger partial charge in [-0.2, -0.15) is 0 Å². The Bertz CT molecular complexity index is 628. The molecule has 1 heterocycles. The summed E-state index contributed by atoms with van der Waals surface area (Å²) in [5.41, 5.74) is 2.35. The van der Waals surface area contributed by atoms with Crippen LogP contribution in [0.2, 0.25) is 0 Å². The zero-order valence-corrected chi connectivity index (χ0v) is 13.3. The Morgan fingerprint density at radius 1 is 1.10 bits per heavy atom. The number of rotatable bonds is 5. The molecule has 0 radical (unpaired) electrons. The predicted molar refractivity (Wildman–Crippen MR) is 83.8 cm³/mol. The summed E-state index contributed by atoms with van der Waals surface area (Å²) in [6.45, 7) is 1.80. The first-order valence-electron chi connectivity index (χ1n) is 6.68. The number of hydrogen-bond donors (Lipinski definition) is 1. The van der Waals surface area contributed by atoms with E-state index in [1.807, 2.05) is 24.3 Å². The third kappa shape index (κ3) is 3.31. The van der Waals surface area contributed by atoms with Gasteiger partial charge in [-0.15, -0.1) is 0 Å². The first-order valence-corrected chi connectivity index (χ1v) is 7.47. The maximum atomic E-state index is 5.42. The molecule has 0 unspecified atom stereocenters. The zero-order chi connectivity index (χ0) is 14.7. The van der Waals surface area contributed by atoms with Crippen molar-refractivity contribution in [2.75, 3.05) is 13.9 Å². The van der Waals surface area contributed by atoms with E-state index in [1.54, 1.807) is 7.11 Å². The van der Waals surface area contributed by atoms with E-state index < -0.39 is 0 Å². The monoisotopic (exact) mass is 349 g/mol. The summed E-state index contributed by atoms with van der Waals surface area (Å²) >= 11 is 3.43. The fourth-order valence-corrected chi connectivity index (χ4v) is 2.50. The molecule has 0 aliphatic carbocycles. The Morgan fingerprint density at radius 3 is 2.62 bits per heavy atom. The zero-order valence-electron chi connectivity index (χ0n) is 11.7. The average Bonchev–Trinajstić information content (AvgIpc) is 2.97. The van der Waals surface area contributed by atoms with Crippen LogP contribution in [0.15, 0.2) is 40.9 Å². The highest BCUT2D eigenvalue weighted by molar-refractivity contribution is 9.10. The quantitative estimate of drug-likeness (QED) is 0.896. The van der Waals surface area contributed by atoms with E-state index in [1.165, 1.54) is 5.56 Å². The van der Waals surface area contributed by atoms with Crippen LogP contribution < -0.4 is 19.5 Å². The molecule has 1 N–H and O–H groups in total. The van der Waals surface area contributed by atoms with Crippen LogP contribution in [0.4, 0.5) is 0 Å². The molecule has 0 saturated carbocycles. The van der Waals surface area contributed by atoms with Gasteiger partial charge in [0, 0.05) is 17.6 Å². The standard InChI is InChI=1S/C16H16BrNO3/c1-19-14-6-12(7-15-16(14)21-10-20-15)9-18-8-11-2-4-13(17)5-3-11/h2-7,18H,8-10H2,1H3. The fraction of sp³-hybridized carbons (Fsp3) is 0.250. The number of hydrogen-bond acceptors (Lipinski definition) is 4. The summed E-state index contributed by atoms with van der Waals surface area (Å²) in [5, 5.41) is 3.41. The van der Waals surface area contributed by atoms with Crippen LogP contribution in [0.25, 0.3) is 0 Å². The Hall–Kier alpha value is -1.72. The molecule has 0 atom stereocenters. The minimum absolute atomic E-state index is 0.251. The van der Waals surface area contributed by atoms with Crippen LogP contribution >= 0.6 is 15.9 Å². The van der Waals surface area contributed by atoms with Gasteiger partial charge in [-0.05, 0) is 35.4 Å². The molecule has 0 bridgehead atoms. The lowest BCUT2D eigenvalue weighted by molar-refractivity contribution is 0.171. The van der Waals surface area contributed by atoms with Gasteiger partial charge in [0.25, 0.3) is 0 Å². The summed E-state index contributed by atoms with van der Waals surface area (Å²) in [5.74, 6) is 2.15. The molecule has 1 aliphatic rings. The molecule has 0 amide bonds. The van der Waals surface area contributed by atoms with E-state index in [4.69, 9.17) is 14.2 Å². The minimum atomic E-state index is 0.251. The van der Waals surface area contributed by atoms with Crippen molar-refractivity contribution in [1.29, 1.82) is 0 Å². The van der Waals surface area contributed by atoms with Gasteiger partial charge in [0.15, 0.2) is 11.5 Å². The second kappa shape index (κ2) is 6.37. The van der Waals surface area contributed by atoms with E-state index >= 15 is 0 Å². The predicted octanol–water partition coefficient (Wildman–Crippen LogP) is 3.48. The number of benzene rings is 2. The Balaban J connectivity index is 1.64. The maximum Gasteiger partial charge on any atom is 0.231 e. The highest BCUT2D eigenvalue weighted by atomic mass is 79.9. The molecule has 0 spiro atoms. The maximum absolute atomic E-state index is 5.42. The van der Waals surface area contributed by atoms with Crippen LogP contribution in [-0.2, 0) is 13.1 Å². The Kier molecular flexibility index (Phi) is 4.31. The van der Waals surface area contributed by atoms with Gasteiger partial charge >= 0.3 is 0 Å². The molecule has 2 aromatic rings. The van der Waals surface area contributed by atoms with Crippen molar-refractivity contribution in [3.8, 4) is 17.2 Å². The van der Waals surface area contributed by atoms with Gasteiger partial charge in [-0.3, -0.25) is 0 Å². The minimum Gasteiger partial charge on any atom is -0.493 e. The summed E-state index contributed by atoms with van der Waals surface area (Å²) in [6, 6.07) is 12.2. The summed E-state index contributed by atoms with van der Waals surface area (Å²) < 4.78 is 17.2. The number of methoxy groups -OCH3 is 1. The third-order valence-electron chi connectivity index (χ3n) is 3.29. The smallest absolute Gasteiger partial charge is 0.231 e. The van der Waals surface area contributed by atoms with Gasteiger partial charge in [-0.1, -0.05) is 28.1 Å². The number of halogens is 1. The second-order valence-corrected chi connectivity index (χ2v) is 5.68. The van der Waals surface area contributed by atoms with Crippen LogP contribution in [-0.4, -0.2) is 13.9 Å². The van der Waals surface area contributed by atoms with Crippen molar-refractivity contribution < 1.29 is 14.2 Å². The molecule has 21 heavy (non-hydrogen) atoms. The summed E-state index contributed by atoms with van der Waals surface area (Å²) in [4.78, 5) is 0. The van der Waals surface area contributed by atoms with Crippen molar-refractivity contribution in [3.63, 3.8) is 0 Å². The molecule has 110 valence electrons. The average molecular weight is 350 g/mol. The fourth-order valence-electron chi connectivity index (χ4n) is 2.24. The van der Waals surface area contributed by atoms with E-state index in [9.17, 15) is 0 Å². The summed E-state index contributed by atoms with van der Waals surface area (Å²) in [7, 11) is 1.64. The number of fused-ring (bicyclic) bond motifs is 1. The van der Waals surface area contributed by atoms with Gasteiger partial charge in [-0.25, -0.2) is 0 Å². The summed E-state index contributed by atoms with van der Waals surface area (Å²) in [6.07, 6.45) is 0. The first kappa shape index (κ1) is 14.2. The van der Waals surface area contributed by atoms with Gasteiger partial charge in [0.05, 0.1) is 7.11 Å². The van der Waals surface area contributed by atoms with Crippen molar-refractivity contribution >= 4 is 15.9 Å². The normalized spacial score (nSPS) is 12.5. The molecule has 0 saturated heterocycles. The third-order valence-corrected chi connectivity index (χ3v) is 3.82. The van der Waals surface area contributed by atoms with Crippen LogP contribution in [0.1, 0.15) is 11.1 Å². The van der Waals surface area contributed by atoms with Crippen molar-refractivity contribution in [2.24, 2.45) is 0 Å². The topological polar surface area (TPSA) is 39.7 Å². The van der Waals surface area contributed by atoms with E-state index in [0.29, 0.717) is 11.5 Å². The Morgan fingerprint density at radius 2 is 1.86 bits per heavy atom. The first-order chi connectivity index (χ1) is 10.3. The van der Waals surface area contributed by atoms with Gasteiger partial charge < -0.3 is 19.5 Å². The second-order valence-electron chi connectivity index (χ2n) is 4.76. The lowest BCUT2D eigenvalue weighted by atomic mass is 10.1. The van der Waals surface area contributed by atoms with Crippen molar-refractivity contribution in [1.82, 2.24) is 5.32 Å². The molecular weight excluding hydrogens is 334 g/mol. The highest BCUT2D eigenvalue weighted by Crippen LogP contribution is 2.41. The van der Waals surface area contributed by atoms with Crippen LogP contribution in [0.3, 0.4) is 0 Å². The largest absolute Gasteiger partial charge is 0.493 e. The van der Waals surface area contributed by atoms with E-state index in [0.717, 1.165) is 28.9 Å². The Labute approximate surface area is 132 Å². The highest BCUT2D eigenvalue weighted by Gasteiger charge is 2.19. The lowest BCUT2D eigenvalue weighted by Gasteiger charge is -2.09. The van der Waals surface area contributed by atoms with E-state index in [2.05, 4.69) is 33.4 Å². The number of ether oxygens (including phenoxy) is 3. The molecule has 2 aromatic carbocycles. The number of nitrogens with one attached hydrogen (secondary N) is 1. The van der Waals surface area contributed by atoms with Crippen molar-refractivity contribution in [3.05, 3.63) is 52.0 Å². The molecule has 5 heteroatoms. The van der Waals surface area contributed by atoms with Crippen molar-refractivity contribution in [2.45, 2.75) is 13.1 Å². The van der Waals surface area contributed by atoms with Gasteiger partial charge in [0.1, 0.15) is 0 Å². The SMILES string of the molecule is COc1cc(CNCc2ccc(Br)cc2)cc2c1OCO2. The van der Waals surface area contributed by atoms with E-state index in [-0.39, 0.29) is 6.79 Å². The molecule has 1 aliphatic heterocycles. The van der Waals surface area contributed by atoms with Crippen LogP contribution in [0.5, 0.6) is 17.2 Å². The molecular formula is C16H16BrNO3. The molecule has 0 fully saturated rings. The molecule has 0 aromatic heterocycles. The molecule has 4 nitrogen and oxygen atoms in total. The van der Waals surface area contributed by atoms with Gasteiger partial charge in [0.2, 0.25) is 12.5 Å².